The molecule has 2 aromatic heterocycles. The molecule has 0 saturated heterocycles. The number of anilines is 1. The van der Waals surface area contributed by atoms with Crippen LogP contribution in [0, 0.1) is 0 Å². The minimum atomic E-state index is -0.361. The fourth-order valence-corrected chi connectivity index (χ4v) is 5.88. The largest absolute Gasteiger partial charge is 0.506 e. The van der Waals surface area contributed by atoms with Crippen LogP contribution in [0.15, 0.2) is 132 Å². The summed E-state index contributed by atoms with van der Waals surface area (Å²) in [5.74, 6) is -0.563. The van der Waals surface area contributed by atoms with Crippen molar-refractivity contribution < 1.29 is 19.8 Å². The highest BCUT2D eigenvalue weighted by Crippen LogP contribution is 2.26. The number of hydrazone groups is 2. The minimum Gasteiger partial charge on any atom is -0.506 e. The standard InChI is InChI=1S/C40H31N7O4/c1-47(30-15-11-27(12-16-30)39(50)45-43-22-28-13-17-35(48)37-31(28)7-3-19-41-37)24-25-9-10-26-5-2-6-33(34(26)21-25)40(51)46-44-23-29-14-18-36(49)38-32(29)8-4-20-42-38/h2-23,48-49H,24H2,1H3,(H,45,50)(H,46,51)/b43-22+,44-23+. The van der Waals surface area contributed by atoms with E-state index in [4.69, 9.17) is 0 Å². The van der Waals surface area contributed by atoms with Crippen LogP contribution in [0.1, 0.15) is 37.4 Å². The van der Waals surface area contributed by atoms with Gasteiger partial charge >= 0.3 is 0 Å². The molecule has 2 heterocycles. The molecular formula is C40H31N7O4. The van der Waals surface area contributed by atoms with Gasteiger partial charge in [0.1, 0.15) is 22.5 Å². The van der Waals surface area contributed by atoms with Crippen molar-refractivity contribution in [1.29, 1.82) is 0 Å². The first-order chi connectivity index (χ1) is 24.9. The molecule has 0 fully saturated rings. The van der Waals surface area contributed by atoms with Gasteiger partial charge in [-0.2, -0.15) is 10.2 Å². The Morgan fingerprint density at radius 3 is 1.92 bits per heavy atom. The number of phenolic OH excluding ortho intramolecular Hbond substituents is 2. The summed E-state index contributed by atoms with van der Waals surface area (Å²) in [6, 6.07) is 32.5. The Kier molecular flexibility index (Phi) is 8.99. The summed E-state index contributed by atoms with van der Waals surface area (Å²) in [5, 5.41) is 31.6. The Morgan fingerprint density at radius 2 is 1.29 bits per heavy atom. The van der Waals surface area contributed by atoms with Gasteiger partial charge in [-0.3, -0.25) is 19.6 Å². The van der Waals surface area contributed by atoms with Gasteiger partial charge in [-0.25, -0.2) is 10.9 Å². The highest BCUT2D eigenvalue weighted by molar-refractivity contribution is 6.08. The van der Waals surface area contributed by atoms with Crippen molar-refractivity contribution in [3.8, 4) is 11.5 Å². The fourth-order valence-electron chi connectivity index (χ4n) is 5.88. The van der Waals surface area contributed by atoms with Crippen molar-refractivity contribution >= 4 is 62.5 Å². The zero-order valence-electron chi connectivity index (χ0n) is 27.4. The van der Waals surface area contributed by atoms with E-state index in [0.717, 1.165) is 32.8 Å². The Hall–Kier alpha value is -7.14. The van der Waals surface area contributed by atoms with Gasteiger partial charge in [0, 0.05) is 64.7 Å². The average molecular weight is 674 g/mol. The van der Waals surface area contributed by atoms with Crippen molar-refractivity contribution in [2.24, 2.45) is 10.2 Å². The molecule has 7 aromatic rings. The van der Waals surface area contributed by atoms with Crippen molar-refractivity contribution in [2.75, 3.05) is 11.9 Å². The summed E-state index contributed by atoms with van der Waals surface area (Å²) in [6.07, 6.45) is 6.26. The number of benzene rings is 5. The van der Waals surface area contributed by atoms with E-state index in [1.807, 2.05) is 61.6 Å². The number of amides is 2. The Morgan fingerprint density at radius 1 is 0.686 bits per heavy atom. The van der Waals surface area contributed by atoms with E-state index in [0.29, 0.717) is 39.8 Å². The molecule has 51 heavy (non-hydrogen) atoms. The quantitative estimate of drug-likeness (QED) is 0.101. The van der Waals surface area contributed by atoms with Crippen LogP contribution in [0.25, 0.3) is 32.6 Å². The molecule has 4 N–H and O–H groups in total. The monoisotopic (exact) mass is 673 g/mol. The second-order valence-electron chi connectivity index (χ2n) is 11.8. The molecule has 11 nitrogen and oxygen atoms in total. The summed E-state index contributed by atoms with van der Waals surface area (Å²) in [5.41, 5.74) is 10.3. The molecule has 0 aliphatic rings. The molecule has 0 atom stereocenters. The lowest BCUT2D eigenvalue weighted by Gasteiger charge is -2.20. The first-order valence-corrected chi connectivity index (χ1v) is 16.0. The molecule has 7 rings (SSSR count). The van der Waals surface area contributed by atoms with Gasteiger partial charge in [-0.15, -0.1) is 0 Å². The zero-order chi connectivity index (χ0) is 35.3. The van der Waals surface area contributed by atoms with Crippen LogP contribution in [0.5, 0.6) is 11.5 Å². The van der Waals surface area contributed by atoms with E-state index in [1.165, 1.54) is 12.4 Å². The highest BCUT2D eigenvalue weighted by atomic mass is 16.3. The van der Waals surface area contributed by atoms with Crippen molar-refractivity contribution in [1.82, 2.24) is 20.8 Å². The van der Waals surface area contributed by atoms with Crippen molar-refractivity contribution in [3.63, 3.8) is 0 Å². The lowest BCUT2D eigenvalue weighted by atomic mass is 10.0. The molecule has 0 saturated carbocycles. The molecule has 2 amide bonds. The van der Waals surface area contributed by atoms with E-state index >= 15 is 0 Å². The normalized spacial score (nSPS) is 11.5. The van der Waals surface area contributed by atoms with Crippen LogP contribution in [-0.2, 0) is 6.54 Å². The van der Waals surface area contributed by atoms with Crippen LogP contribution >= 0.6 is 0 Å². The number of hydrogen-bond acceptors (Lipinski definition) is 9. The minimum absolute atomic E-state index is 0.0744. The summed E-state index contributed by atoms with van der Waals surface area (Å²) >= 11 is 0. The van der Waals surface area contributed by atoms with Gasteiger partial charge in [-0.1, -0.05) is 36.4 Å². The maximum Gasteiger partial charge on any atom is 0.271 e. The van der Waals surface area contributed by atoms with E-state index < -0.39 is 0 Å². The number of pyridine rings is 2. The van der Waals surface area contributed by atoms with Crippen LogP contribution in [0.2, 0.25) is 0 Å². The second kappa shape index (κ2) is 14.1. The third-order valence-corrected chi connectivity index (χ3v) is 8.48. The van der Waals surface area contributed by atoms with Gasteiger partial charge in [0.15, 0.2) is 0 Å². The predicted molar refractivity (Wildman–Crippen MR) is 199 cm³/mol. The molecule has 5 aromatic carbocycles. The predicted octanol–water partition coefficient (Wildman–Crippen LogP) is 6.51. The lowest BCUT2D eigenvalue weighted by Crippen LogP contribution is -2.19. The SMILES string of the molecule is CN(Cc1ccc2cccc(C(=O)N/N=C/c3ccc(O)c4ncccc34)c2c1)c1ccc(C(=O)N/N=C/c2ccc(O)c3ncccc23)cc1. The number of carbonyl (C=O) groups is 2. The Bertz CT molecular complexity index is 2500. The van der Waals surface area contributed by atoms with Crippen molar-refractivity contribution in [3.05, 3.63) is 149 Å². The average Bonchev–Trinajstić information content (AvgIpc) is 3.16. The Balaban J connectivity index is 1.00. The van der Waals surface area contributed by atoms with E-state index in [9.17, 15) is 19.8 Å². The number of nitrogens with one attached hydrogen (secondary N) is 2. The zero-order valence-corrected chi connectivity index (χ0v) is 27.4. The number of hydrogen-bond donors (Lipinski definition) is 4. The number of carbonyl (C=O) groups excluding carboxylic acids is 2. The van der Waals surface area contributed by atoms with Gasteiger partial charge in [-0.05, 0) is 89.1 Å². The summed E-state index contributed by atoms with van der Waals surface area (Å²) < 4.78 is 0. The van der Waals surface area contributed by atoms with E-state index in [1.54, 1.807) is 67.0 Å². The number of aromatic nitrogens is 2. The highest BCUT2D eigenvalue weighted by Gasteiger charge is 2.13. The number of aromatic hydroxyl groups is 2. The van der Waals surface area contributed by atoms with Crippen LogP contribution < -0.4 is 15.8 Å². The smallest absolute Gasteiger partial charge is 0.271 e. The number of fused-ring (bicyclic) bond motifs is 3. The third-order valence-electron chi connectivity index (χ3n) is 8.48. The molecule has 11 heteroatoms. The molecule has 250 valence electrons. The molecule has 0 aliphatic carbocycles. The first kappa shape index (κ1) is 32.4. The van der Waals surface area contributed by atoms with Crippen LogP contribution in [-0.4, -0.2) is 51.5 Å². The second-order valence-corrected chi connectivity index (χ2v) is 11.8. The van der Waals surface area contributed by atoms with Gasteiger partial charge in [0.05, 0.1) is 12.4 Å². The maximum atomic E-state index is 13.3. The first-order valence-electron chi connectivity index (χ1n) is 16.0. The number of rotatable bonds is 9. The molecule has 0 aliphatic heterocycles. The topological polar surface area (TPSA) is 152 Å². The molecular weight excluding hydrogens is 642 g/mol. The summed E-state index contributed by atoms with van der Waals surface area (Å²) in [6.45, 7) is 0.553. The summed E-state index contributed by atoms with van der Waals surface area (Å²) in [4.78, 5) is 36.5. The van der Waals surface area contributed by atoms with E-state index in [2.05, 4.69) is 35.9 Å². The van der Waals surface area contributed by atoms with Crippen molar-refractivity contribution in [2.45, 2.75) is 6.54 Å². The third kappa shape index (κ3) is 6.90. The fraction of sp³-hybridized carbons (Fsp3) is 0.0500. The number of nitrogens with zero attached hydrogens (tertiary/aromatic N) is 5. The van der Waals surface area contributed by atoms with Crippen LogP contribution in [0.4, 0.5) is 5.69 Å². The maximum absolute atomic E-state index is 13.3. The van der Waals surface area contributed by atoms with Gasteiger partial charge < -0.3 is 15.1 Å². The van der Waals surface area contributed by atoms with Gasteiger partial charge in [0.25, 0.3) is 11.8 Å². The Labute approximate surface area is 292 Å². The van der Waals surface area contributed by atoms with Gasteiger partial charge in [0.2, 0.25) is 0 Å². The number of phenols is 2. The molecule has 0 bridgehead atoms. The lowest BCUT2D eigenvalue weighted by molar-refractivity contribution is 0.0948. The van der Waals surface area contributed by atoms with Crippen LogP contribution in [0.3, 0.4) is 0 Å². The summed E-state index contributed by atoms with van der Waals surface area (Å²) in [7, 11) is 1.95. The molecule has 0 unspecified atom stereocenters. The molecule has 0 spiro atoms. The van der Waals surface area contributed by atoms with E-state index in [-0.39, 0.29) is 23.3 Å². The molecule has 0 radical (unpaired) electrons.